The molecule has 0 unspecified atom stereocenters. The lowest BCUT2D eigenvalue weighted by Gasteiger charge is -2.18. The van der Waals surface area contributed by atoms with E-state index in [9.17, 15) is 0 Å². The molecule has 0 aromatic rings. The fourth-order valence-electron chi connectivity index (χ4n) is 2.15. The maximum atomic E-state index is 2.61. The van der Waals surface area contributed by atoms with Crippen LogP contribution in [0.3, 0.4) is 0 Å². The topological polar surface area (TPSA) is 9.72 Å². The van der Waals surface area contributed by atoms with Crippen molar-refractivity contribution in [2.24, 2.45) is 0 Å². The first-order valence-electron chi connectivity index (χ1n) is 5.66. The summed E-state index contributed by atoms with van der Waals surface area (Å²) in [5.41, 5.74) is 0. The number of nitrogens with zero attached hydrogens (tertiary/aromatic N) is 3. The largest absolute Gasteiger partial charge is 0.487 e. The first kappa shape index (κ1) is 12.5. The molecule has 1 aliphatic heterocycles. The second-order valence-corrected chi connectivity index (χ2v) is 8.04. The maximum absolute atomic E-state index is 2.61. The van der Waals surface area contributed by atoms with Crippen molar-refractivity contribution in [3.8, 4) is 0 Å². The van der Waals surface area contributed by atoms with Crippen LogP contribution >= 0.6 is 0 Å². The molecule has 1 fully saturated rings. The highest BCUT2D eigenvalue weighted by Crippen LogP contribution is 2.13. The van der Waals surface area contributed by atoms with Gasteiger partial charge in [0.15, 0.2) is 0 Å². The van der Waals surface area contributed by atoms with Gasteiger partial charge in [-0.15, -0.1) is 0 Å². The van der Waals surface area contributed by atoms with Crippen molar-refractivity contribution < 1.29 is 0 Å². The molecule has 0 amide bonds. The molecule has 0 aliphatic carbocycles. The lowest BCUT2D eigenvalue weighted by Crippen LogP contribution is -2.39. The molecule has 1 aliphatic rings. The van der Waals surface area contributed by atoms with Crippen LogP contribution in [0, 0.1) is 0 Å². The minimum Gasteiger partial charge on any atom is -0.373 e. The van der Waals surface area contributed by atoms with E-state index in [-0.39, 0.29) is 0 Å². The summed E-state index contributed by atoms with van der Waals surface area (Å²) in [5, 5.41) is 1.46. The van der Waals surface area contributed by atoms with Crippen molar-refractivity contribution in [1.29, 1.82) is 0 Å². The van der Waals surface area contributed by atoms with Crippen molar-refractivity contribution in [3.63, 3.8) is 0 Å². The van der Waals surface area contributed by atoms with E-state index in [4.69, 9.17) is 0 Å². The summed E-state index contributed by atoms with van der Waals surface area (Å²) in [6, 6.07) is 0. The fourth-order valence-corrected chi connectivity index (χ4v) is 5.18. The molecule has 1 heterocycles. The Hall–Kier alpha value is 0.412. The predicted octanol–water partition coefficient (Wildman–Crippen LogP) is 0.694. The molecule has 0 spiro atoms. The molecule has 14 heavy (non-hydrogen) atoms. The summed E-state index contributed by atoms with van der Waals surface area (Å²) in [4.78, 5) is 2.28. The third-order valence-corrected chi connectivity index (χ3v) is 6.62. The third kappa shape index (κ3) is 3.88. The quantitative estimate of drug-likeness (QED) is 0.491. The molecule has 0 aromatic heterocycles. The summed E-state index contributed by atoms with van der Waals surface area (Å²) in [6.45, 7) is 3.83. The van der Waals surface area contributed by atoms with E-state index >= 15 is 0 Å². The Balaban J connectivity index is 2.11. The van der Waals surface area contributed by atoms with E-state index in [0.717, 1.165) is 0 Å². The number of likely N-dealkylation sites (N-methyl/N-ethyl adjacent to an activating group) is 2. The average molecular weight is 213 g/mol. The van der Waals surface area contributed by atoms with Gasteiger partial charge >= 0.3 is 14.6 Å². The zero-order valence-electron chi connectivity index (χ0n) is 10.2. The van der Waals surface area contributed by atoms with Crippen molar-refractivity contribution in [1.82, 2.24) is 12.7 Å². The smallest absolute Gasteiger partial charge is 0.373 e. The van der Waals surface area contributed by atoms with Crippen LogP contribution in [0.4, 0.5) is 0 Å². The van der Waals surface area contributed by atoms with Gasteiger partial charge in [-0.1, -0.05) is 11.7 Å². The number of hydrogen-bond donors (Lipinski definition) is 0. The van der Waals surface area contributed by atoms with Gasteiger partial charge in [0, 0.05) is 0 Å². The second kappa shape index (κ2) is 6.10. The highest BCUT2D eigenvalue weighted by atomic mass is 27.2. The highest BCUT2D eigenvalue weighted by Gasteiger charge is 2.34. The van der Waals surface area contributed by atoms with Gasteiger partial charge in [-0.25, -0.2) is 0 Å². The molecule has 3 nitrogen and oxygen atoms in total. The minimum atomic E-state index is -0.684. The maximum Gasteiger partial charge on any atom is 0.487 e. The van der Waals surface area contributed by atoms with E-state index in [1.165, 1.54) is 37.8 Å². The van der Waals surface area contributed by atoms with Crippen LogP contribution < -0.4 is 0 Å². The summed E-state index contributed by atoms with van der Waals surface area (Å²) < 4.78 is 5.21. The molecule has 0 saturated carbocycles. The molecule has 0 bridgehead atoms. The Kier molecular flexibility index (Phi) is 5.43. The van der Waals surface area contributed by atoms with E-state index < -0.39 is 14.6 Å². The van der Waals surface area contributed by atoms with Crippen LogP contribution in [-0.2, 0) is 0 Å². The standard InChI is InChI=1S/C6H14N.C4H10N2.Al/c1-4-5-6-7(2)3;1-5-3-4-6-2;/h1,4-6H2,2-3H3;3-4H2,1-2H3;/q;-2;+2. The molecule has 4 heteroatoms. The SMILES string of the molecule is CN(C)CCC[CH2][Al]1[N](C)CC[N]1C. The van der Waals surface area contributed by atoms with Gasteiger partial charge in [0.2, 0.25) is 0 Å². The molecule has 0 radical (unpaired) electrons. The number of rotatable bonds is 5. The molecule has 1 rings (SSSR count). The van der Waals surface area contributed by atoms with Crippen LogP contribution in [0.25, 0.3) is 0 Å². The van der Waals surface area contributed by atoms with Crippen LogP contribution in [-0.4, -0.2) is 75.1 Å². The van der Waals surface area contributed by atoms with Gasteiger partial charge in [0.25, 0.3) is 0 Å². The molecule has 0 N–H and O–H groups in total. The number of hydrogen-bond acceptors (Lipinski definition) is 3. The first-order chi connectivity index (χ1) is 6.61. The third-order valence-electron chi connectivity index (χ3n) is 3.14. The molecular weight excluding hydrogens is 189 g/mol. The molecule has 82 valence electrons. The van der Waals surface area contributed by atoms with Crippen LogP contribution in [0.2, 0.25) is 5.28 Å². The molecule has 0 atom stereocenters. The summed E-state index contributed by atoms with van der Waals surface area (Å²) >= 11 is -0.684. The normalized spacial score (nSPS) is 19.9. The van der Waals surface area contributed by atoms with Crippen LogP contribution in [0.15, 0.2) is 0 Å². The summed E-state index contributed by atoms with van der Waals surface area (Å²) in [6.07, 6.45) is 2.77. The lowest BCUT2D eigenvalue weighted by atomic mass is 10.3. The van der Waals surface area contributed by atoms with E-state index in [1.54, 1.807) is 0 Å². The van der Waals surface area contributed by atoms with E-state index in [0.29, 0.717) is 0 Å². The van der Waals surface area contributed by atoms with Gasteiger partial charge in [0.05, 0.1) is 0 Å². The molecular formula is C10H24AlN3. The monoisotopic (exact) mass is 213 g/mol. The highest BCUT2D eigenvalue weighted by molar-refractivity contribution is 6.53. The average Bonchev–Trinajstić information content (AvgIpc) is 2.42. The van der Waals surface area contributed by atoms with Crippen LogP contribution in [0.5, 0.6) is 0 Å². The molecule has 0 aromatic carbocycles. The fraction of sp³-hybridized carbons (Fsp3) is 1.00. The van der Waals surface area contributed by atoms with E-state index in [1.807, 2.05) is 0 Å². The van der Waals surface area contributed by atoms with Gasteiger partial charge < -0.3 is 12.7 Å². The van der Waals surface area contributed by atoms with Crippen molar-refractivity contribution in [3.05, 3.63) is 0 Å². The summed E-state index contributed by atoms with van der Waals surface area (Å²) in [5.74, 6) is 0. The lowest BCUT2D eigenvalue weighted by molar-refractivity contribution is 0.396. The zero-order chi connectivity index (χ0) is 10.6. The van der Waals surface area contributed by atoms with Gasteiger partial charge in [-0.05, 0) is 54.2 Å². The first-order valence-corrected chi connectivity index (χ1v) is 7.51. The minimum absolute atomic E-state index is 0.684. The van der Waals surface area contributed by atoms with Gasteiger partial charge in [0.1, 0.15) is 0 Å². The zero-order valence-corrected chi connectivity index (χ0v) is 11.3. The molecule has 1 saturated heterocycles. The van der Waals surface area contributed by atoms with Gasteiger partial charge in [-0.3, -0.25) is 0 Å². The Morgan fingerprint density at radius 1 is 1.07 bits per heavy atom. The van der Waals surface area contributed by atoms with Crippen molar-refractivity contribution >= 4 is 14.6 Å². The Morgan fingerprint density at radius 3 is 2.14 bits per heavy atom. The second-order valence-electron chi connectivity index (χ2n) is 4.74. The summed E-state index contributed by atoms with van der Waals surface area (Å²) in [7, 11) is 8.91. The number of unbranched alkanes of at least 4 members (excludes halogenated alkanes) is 1. The van der Waals surface area contributed by atoms with Crippen molar-refractivity contribution in [2.45, 2.75) is 18.1 Å². The van der Waals surface area contributed by atoms with Gasteiger partial charge in [-0.2, -0.15) is 0 Å². The Labute approximate surface area is 93.5 Å². The predicted molar refractivity (Wildman–Crippen MR) is 63.6 cm³/mol. The Bertz CT molecular complexity index is 153. The van der Waals surface area contributed by atoms with Crippen molar-refractivity contribution in [2.75, 3.05) is 47.8 Å². The van der Waals surface area contributed by atoms with Crippen LogP contribution in [0.1, 0.15) is 12.8 Å². The van der Waals surface area contributed by atoms with E-state index in [2.05, 4.69) is 40.9 Å². The Morgan fingerprint density at radius 2 is 1.64 bits per heavy atom.